The Kier molecular flexibility index (Phi) is 5.51. The van der Waals surface area contributed by atoms with Crippen molar-refractivity contribution in [2.45, 2.75) is 32.1 Å². The molecule has 0 aliphatic heterocycles. The number of primary amides is 2. The standard InChI is InChI=1S/C12H21N5O4/c13-8(18)6-17(7-9(14)19)11(20)12(10(15)16-21)4-2-1-3-5-12/h21H,1-7H2,(H2,13,18)(H2,14,19)(H2,15,16). The topological polar surface area (TPSA) is 165 Å². The third-order valence-electron chi connectivity index (χ3n) is 3.70. The van der Waals surface area contributed by atoms with Crippen molar-refractivity contribution in [3.63, 3.8) is 0 Å². The number of nitrogens with two attached hydrogens (primary N) is 3. The molecule has 0 heterocycles. The number of hydrogen-bond donors (Lipinski definition) is 4. The zero-order chi connectivity index (χ0) is 16.0. The molecular weight excluding hydrogens is 278 g/mol. The Morgan fingerprint density at radius 3 is 1.86 bits per heavy atom. The van der Waals surface area contributed by atoms with Crippen LogP contribution in [-0.4, -0.2) is 46.8 Å². The van der Waals surface area contributed by atoms with Crippen LogP contribution in [0.2, 0.25) is 0 Å². The van der Waals surface area contributed by atoms with Gasteiger partial charge in [-0.05, 0) is 12.8 Å². The van der Waals surface area contributed by atoms with E-state index in [1.165, 1.54) is 0 Å². The molecule has 3 amide bonds. The van der Waals surface area contributed by atoms with E-state index in [1.807, 2.05) is 0 Å². The van der Waals surface area contributed by atoms with Crippen LogP contribution in [0.5, 0.6) is 0 Å². The van der Waals surface area contributed by atoms with Gasteiger partial charge in [0.15, 0.2) is 5.84 Å². The first-order chi connectivity index (χ1) is 9.83. The SMILES string of the molecule is NC(=O)CN(CC(N)=O)C(=O)C1(C(N)=NO)CCCCC1. The van der Waals surface area contributed by atoms with Crippen molar-refractivity contribution < 1.29 is 19.6 Å². The van der Waals surface area contributed by atoms with E-state index in [4.69, 9.17) is 22.4 Å². The Morgan fingerprint density at radius 2 is 1.48 bits per heavy atom. The number of amidine groups is 1. The highest BCUT2D eigenvalue weighted by Gasteiger charge is 2.46. The highest BCUT2D eigenvalue weighted by Crippen LogP contribution is 2.38. The van der Waals surface area contributed by atoms with Crippen LogP contribution >= 0.6 is 0 Å². The number of oxime groups is 1. The molecule has 0 aromatic heterocycles. The van der Waals surface area contributed by atoms with E-state index in [2.05, 4.69) is 5.16 Å². The van der Waals surface area contributed by atoms with Crippen molar-refractivity contribution in [3.8, 4) is 0 Å². The van der Waals surface area contributed by atoms with Crippen LogP contribution < -0.4 is 17.2 Å². The summed E-state index contributed by atoms with van der Waals surface area (Å²) in [5, 5.41) is 11.9. The van der Waals surface area contributed by atoms with Crippen molar-refractivity contribution in [2.24, 2.45) is 27.8 Å². The maximum absolute atomic E-state index is 12.7. The van der Waals surface area contributed by atoms with Crippen LogP contribution in [0.4, 0.5) is 0 Å². The third kappa shape index (κ3) is 3.83. The van der Waals surface area contributed by atoms with Crippen molar-refractivity contribution in [2.75, 3.05) is 13.1 Å². The van der Waals surface area contributed by atoms with E-state index in [0.29, 0.717) is 12.8 Å². The minimum absolute atomic E-state index is 0.217. The van der Waals surface area contributed by atoms with E-state index < -0.39 is 36.2 Å². The molecule has 1 rings (SSSR count). The molecule has 0 aromatic carbocycles. The lowest BCUT2D eigenvalue weighted by atomic mass is 9.72. The molecule has 1 aliphatic rings. The average Bonchev–Trinajstić information content (AvgIpc) is 2.44. The zero-order valence-corrected chi connectivity index (χ0v) is 11.7. The summed E-state index contributed by atoms with van der Waals surface area (Å²) in [6, 6.07) is 0. The summed E-state index contributed by atoms with van der Waals surface area (Å²) < 4.78 is 0. The van der Waals surface area contributed by atoms with Crippen LogP contribution in [0.3, 0.4) is 0 Å². The molecule has 9 heteroatoms. The maximum atomic E-state index is 12.7. The van der Waals surface area contributed by atoms with Gasteiger partial charge in [0.05, 0.1) is 13.1 Å². The third-order valence-corrected chi connectivity index (χ3v) is 3.70. The second kappa shape index (κ2) is 6.91. The molecule has 0 bridgehead atoms. The summed E-state index contributed by atoms with van der Waals surface area (Å²) in [6.07, 6.45) is 3.15. The van der Waals surface area contributed by atoms with Crippen molar-refractivity contribution in [3.05, 3.63) is 0 Å². The van der Waals surface area contributed by atoms with Gasteiger partial charge in [-0.3, -0.25) is 14.4 Å². The van der Waals surface area contributed by atoms with Crippen molar-refractivity contribution >= 4 is 23.6 Å². The fourth-order valence-electron chi connectivity index (χ4n) is 2.71. The summed E-state index contributed by atoms with van der Waals surface area (Å²) in [5.74, 6) is -2.31. The minimum Gasteiger partial charge on any atom is -0.409 e. The molecule has 0 unspecified atom stereocenters. The molecule has 0 aromatic rings. The van der Waals surface area contributed by atoms with Crippen LogP contribution in [0.15, 0.2) is 5.16 Å². The first-order valence-electron chi connectivity index (χ1n) is 6.67. The quantitative estimate of drug-likeness (QED) is 0.202. The van der Waals surface area contributed by atoms with Gasteiger partial charge in [-0.15, -0.1) is 0 Å². The molecule has 0 spiro atoms. The largest absolute Gasteiger partial charge is 0.409 e. The fourth-order valence-corrected chi connectivity index (χ4v) is 2.71. The van der Waals surface area contributed by atoms with Crippen molar-refractivity contribution in [1.29, 1.82) is 0 Å². The number of rotatable bonds is 6. The Hall–Kier alpha value is -2.32. The molecule has 1 saturated carbocycles. The molecule has 1 fully saturated rings. The number of amides is 3. The van der Waals surface area contributed by atoms with Crippen LogP contribution in [0, 0.1) is 5.41 Å². The normalized spacial score (nSPS) is 18.0. The summed E-state index contributed by atoms with van der Waals surface area (Å²) >= 11 is 0. The molecule has 1 aliphatic carbocycles. The molecule has 7 N–H and O–H groups in total. The zero-order valence-electron chi connectivity index (χ0n) is 11.7. The smallest absolute Gasteiger partial charge is 0.237 e. The maximum Gasteiger partial charge on any atom is 0.237 e. The summed E-state index contributed by atoms with van der Waals surface area (Å²) in [6.45, 7) is -0.884. The van der Waals surface area contributed by atoms with E-state index in [1.54, 1.807) is 0 Å². The summed E-state index contributed by atoms with van der Waals surface area (Å²) in [7, 11) is 0. The molecule has 118 valence electrons. The van der Waals surface area contributed by atoms with E-state index in [0.717, 1.165) is 24.2 Å². The lowest BCUT2D eigenvalue weighted by Gasteiger charge is -2.38. The highest BCUT2D eigenvalue weighted by atomic mass is 16.4. The van der Waals surface area contributed by atoms with Gasteiger partial charge >= 0.3 is 0 Å². The molecule has 21 heavy (non-hydrogen) atoms. The Bertz CT molecular complexity index is 441. The van der Waals surface area contributed by atoms with Gasteiger partial charge in [0, 0.05) is 0 Å². The number of carbonyl (C=O) groups excluding carboxylic acids is 3. The van der Waals surface area contributed by atoms with Gasteiger partial charge < -0.3 is 27.3 Å². The van der Waals surface area contributed by atoms with Gasteiger partial charge in [-0.2, -0.15) is 0 Å². The molecule has 0 radical (unpaired) electrons. The Morgan fingerprint density at radius 1 is 1.00 bits per heavy atom. The minimum atomic E-state index is -1.21. The van der Waals surface area contributed by atoms with E-state index >= 15 is 0 Å². The average molecular weight is 299 g/mol. The lowest BCUT2D eigenvalue weighted by Crippen LogP contribution is -2.55. The Balaban J connectivity index is 3.11. The second-order valence-corrected chi connectivity index (χ2v) is 5.22. The molecular formula is C12H21N5O4. The predicted octanol–water partition coefficient (Wildman–Crippen LogP) is -1.52. The van der Waals surface area contributed by atoms with Crippen molar-refractivity contribution in [1.82, 2.24) is 4.90 Å². The van der Waals surface area contributed by atoms with Crippen LogP contribution in [-0.2, 0) is 14.4 Å². The Labute approximate surface area is 122 Å². The lowest BCUT2D eigenvalue weighted by molar-refractivity contribution is -0.144. The van der Waals surface area contributed by atoms with Gasteiger partial charge in [0.2, 0.25) is 17.7 Å². The first kappa shape index (κ1) is 16.7. The van der Waals surface area contributed by atoms with Crippen LogP contribution in [0.1, 0.15) is 32.1 Å². The van der Waals surface area contributed by atoms with Gasteiger partial charge in [0.1, 0.15) is 5.41 Å². The molecule has 9 nitrogen and oxygen atoms in total. The van der Waals surface area contributed by atoms with Crippen LogP contribution in [0.25, 0.3) is 0 Å². The number of hydrogen-bond acceptors (Lipinski definition) is 5. The molecule has 0 saturated heterocycles. The van der Waals surface area contributed by atoms with E-state index in [-0.39, 0.29) is 5.84 Å². The monoisotopic (exact) mass is 299 g/mol. The van der Waals surface area contributed by atoms with Gasteiger partial charge in [-0.1, -0.05) is 24.4 Å². The predicted molar refractivity (Wildman–Crippen MR) is 73.9 cm³/mol. The summed E-state index contributed by atoms with van der Waals surface area (Å²) in [5.41, 5.74) is 14.7. The van der Waals surface area contributed by atoms with E-state index in [9.17, 15) is 14.4 Å². The second-order valence-electron chi connectivity index (χ2n) is 5.22. The van der Waals surface area contributed by atoms with Gasteiger partial charge in [-0.25, -0.2) is 0 Å². The number of nitrogens with zero attached hydrogens (tertiary/aromatic N) is 2. The summed E-state index contributed by atoms with van der Waals surface area (Å²) in [4.78, 5) is 35.9. The highest BCUT2D eigenvalue weighted by molar-refractivity contribution is 6.08. The number of carbonyl (C=O) groups is 3. The molecule has 0 atom stereocenters. The fraction of sp³-hybridized carbons (Fsp3) is 0.667. The van der Waals surface area contributed by atoms with Gasteiger partial charge in [0.25, 0.3) is 0 Å². The first-order valence-corrected chi connectivity index (χ1v) is 6.67.